The Bertz CT molecular complexity index is 2090. The fraction of sp³-hybridized carbons (Fsp3) is 0.732. The van der Waals surface area contributed by atoms with E-state index in [2.05, 4.69) is 67.3 Å². The summed E-state index contributed by atoms with van der Waals surface area (Å²) in [6.45, 7) is 13.5. The van der Waals surface area contributed by atoms with Gasteiger partial charge in [0.15, 0.2) is 5.78 Å². The van der Waals surface area contributed by atoms with Crippen molar-refractivity contribution in [1.29, 1.82) is 0 Å². The van der Waals surface area contributed by atoms with Crippen molar-refractivity contribution >= 4 is 53.2 Å². The minimum Gasteiger partial charge on any atom is -0.508 e. The number of nitrogens with two attached hydrogens (primary N) is 2. The van der Waals surface area contributed by atoms with Crippen molar-refractivity contribution in [2.45, 2.75) is 187 Å². The summed E-state index contributed by atoms with van der Waals surface area (Å²) in [4.78, 5) is 92.5. The number of primary amides is 1. The van der Waals surface area contributed by atoms with E-state index in [9.17, 15) is 38.7 Å². The van der Waals surface area contributed by atoms with E-state index < -0.39 is 66.3 Å². The van der Waals surface area contributed by atoms with E-state index in [1.807, 2.05) is 6.26 Å². The van der Waals surface area contributed by atoms with Gasteiger partial charge in [0.2, 0.25) is 29.5 Å². The Kier molecular flexibility index (Phi) is 22.5. The number of fused-ring (bicyclic) bond motifs is 5. The van der Waals surface area contributed by atoms with E-state index in [4.69, 9.17) is 16.2 Å². The molecule has 4 aliphatic carbocycles. The summed E-state index contributed by atoms with van der Waals surface area (Å²) in [7, 11) is 0. The van der Waals surface area contributed by atoms with Crippen molar-refractivity contribution < 1.29 is 43.4 Å². The summed E-state index contributed by atoms with van der Waals surface area (Å²) in [5.41, 5.74) is 13.5. The minimum absolute atomic E-state index is 0.0117. The maximum Gasteiger partial charge on any atom is 0.408 e. The van der Waals surface area contributed by atoms with Crippen molar-refractivity contribution in [3.05, 3.63) is 41.5 Å². The zero-order valence-electron chi connectivity index (χ0n) is 44.9. The van der Waals surface area contributed by atoms with Gasteiger partial charge in [0.1, 0.15) is 30.0 Å². The number of hydrogen-bond acceptors (Lipinski definition) is 11. The molecule has 0 radical (unpaired) electrons. The number of Topliss-reactive ketones (excluding diaryl/α,β-unsaturated/α-hetero) is 1. The van der Waals surface area contributed by atoms with E-state index in [0.717, 1.165) is 42.9 Å². The number of phenols is 1. The van der Waals surface area contributed by atoms with Gasteiger partial charge in [0.05, 0.1) is 12.6 Å². The molecule has 0 spiro atoms. The van der Waals surface area contributed by atoms with E-state index in [-0.39, 0.29) is 48.7 Å². The van der Waals surface area contributed by atoms with Crippen LogP contribution in [0.25, 0.3) is 0 Å². The maximum atomic E-state index is 14.0. The van der Waals surface area contributed by atoms with Gasteiger partial charge in [-0.05, 0) is 167 Å². The molecular formula is C56H89N7O9S. The highest BCUT2D eigenvalue weighted by Gasteiger charge is 2.59. The molecule has 17 heteroatoms. The summed E-state index contributed by atoms with van der Waals surface area (Å²) >= 11 is 1.51. The highest BCUT2D eigenvalue weighted by molar-refractivity contribution is 7.98. The summed E-state index contributed by atoms with van der Waals surface area (Å²) < 4.78 is 6.06. The molecule has 0 bridgehead atoms. The van der Waals surface area contributed by atoms with Gasteiger partial charge in [0.25, 0.3) is 0 Å². The van der Waals surface area contributed by atoms with E-state index >= 15 is 0 Å². The number of aromatic hydroxyl groups is 1. The maximum absolute atomic E-state index is 14.0. The molecule has 12 atom stereocenters. The number of carbonyl (C=O) groups is 7. The normalized spacial score (nSPS) is 26.3. The van der Waals surface area contributed by atoms with E-state index in [0.29, 0.717) is 60.8 Å². The van der Waals surface area contributed by atoms with Crippen LogP contribution in [0.2, 0.25) is 0 Å². The number of rotatable bonds is 28. The summed E-state index contributed by atoms with van der Waals surface area (Å²) in [5.74, 6) is 1.10. The Morgan fingerprint density at radius 2 is 1.48 bits per heavy atom. The third-order valence-electron chi connectivity index (χ3n) is 17.3. The molecule has 408 valence electrons. The van der Waals surface area contributed by atoms with Gasteiger partial charge in [-0.2, -0.15) is 11.8 Å². The van der Waals surface area contributed by atoms with Crippen molar-refractivity contribution in [2.75, 3.05) is 25.1 Å². The van der Waals surface area contributed by atoms with Gasteiger partial charge < -0.3 is 47.9 Å². The molecule has 5 rings (SSSR count). The first-order valence-electron chi connectivity index (χ1n) is 27.3. The Hall–Kier alpha value is -4.64. The van der Waals surface area contributed by atoms with Gasteiger partial charge in [-0.25, -0.2) is 4.79 Å². The highest BCUT2D eigenvalue weighted by Crippen LogP contribution is 2.67. The molecule has 3 saturated carbocycles. The molecule has 3 fully saturated rings. The molecule has 4 aliphatic rings. The monoisotopic (exact) mass is 1040 g/mol. The largest absolute Gasteiger partial charge is 0.508 e. The molecule has 1 aromatic carbocycles. The number of allylic oxidation sites excluding steroid dienone is 1. The quantitative estimate of drug-likeness (QED) is 0.0322. The lowest BCUT2D eigenvalue weighted by molar-refractivity contribution is -0.133. The number of ether oxygens (including phenoxy) is 1. The summed E-state index contributed by atoms with van der Waals surface area (Å²) in [6, 6.07) is 1.55. The Balaban J connectivity index is 1.18. The number of benzene rings is 1. The van der Waals surface area contributed by atoms with Crippen LogP contribution in [0.3, 0.4) is 0 Å². The van der Waals surface area contributed by atoms with Crippen molar-refractivity contribution in [1.82, 2.24) is 26.6 Å². The lowest BCUT2D eigenvalue weighted by Gasteiger charge is -2.58. The SMILES string of the molecule is CSCC[C@H](NC(=O)O[C@H]1CC[C@@]2(C)C(=CC[C@H]3C4CC[C@H]([C@H](C)CCCC(C)C)[C@@]4(C)CC[C@@H]32)C1)C(=O)NCC(=O)N[C@@H](Cc1ccc(O)cc1)C(=O)N[C@@H](CCC(N)=O)C(=O)N[C@@H](CCCCN)C(C)=O. The van der Waals surface area contributed by atoms with Crippen LogP contribution in [0.4, 0.5) is 4.79 Å². The number of hydrogen-bond donors (Lipinski definition) is 8. The third kappa shape index (κ3) is 16.4. The standard InChI is InChI=1S/C56H89N7O9S/c1-34(2)11-10-12-35(3)42-20-21-43-41-19-16-38-32-40(24-27-55(38,5)44(41)25-28-56(42,43)6)72-54(71)63-47(26-30-73-7)51(68)59-33-50(67)60-48(31-37-14-17-39(65)18-15-37)53(70)62-46(22-23-49(58)66)52(69)61-45(36(4)64)13-8-9-29-57/h14-18,34-35,40-48,65H,8-13,19-33,57H2,1-7H3,(H2,58,66)(H,59,68)(H,60,67)(H,61,69)(H,62,70)(H,63,71)/t35-,40+,41+,42-,43?,44+,45+,46+,47+,48+,55+,56-/m1/s1. The zero-order valence-corrected chi connectivity index (χ0v) is 45.7. The second-order valence-corrected chi connectivity index (χ2v) is 23.8. The van der Waals surface area contributed by atoms with Crippen LogP contribution in [0.15, 0.2) is 35.9 Å². The first-order chi connectivity index (χ1) is 34.7. The van der Waals surface area contributed by atoms with Gasteiger partial charge in [0, 0.05) is 19.3 Å². The van der Waals surface area contributed by atoms with Crippen LogP contribution in [-0.2, 0) is 39.9 Å². The molecule has 0 saturated heterocycles. The van der Waals surface area contributed by atoms with Crippen molar-refractivity contribution in [3.63, 3.8) is 0 Å². The molecule has 6 amide bonds. The molecule has 10 N–H and O–H groups in total. The predicted molar refractivity (Wildman–Crippen MR) is 286 cm³/mol. The second kappa shape index (κ2) is 27.8. The molecule has 73 heavy (non-hydrogen) atoms. The average molecular weight is 1040 g/mol. The molecular weight excluding hydrogens is 947 g/mol. The zero-order chi connectivity index (χ0) is 53.5. The van der Waals surface area contributed by atoms with Gasteiger partial charge in [-0.15, -0.1) is 0 Å². The number of nitrogens with one attached hydrogen (secondary N) is 5. The van der Waals surface area contributed by atoms with Crippen LogP contribution in [0.1, 0.15) is 156 Å². The van der Waals surface area contributed by atoms with E-state index in [1.54, 1.807) is 12.1 Å². The first kappa shape index (κ1) is 59.2. The van der Waals surface area contributed by atoms with Crippen molar-refractivity contribution in [3.8, 4) is 5.75 Å². The first-order valence-corrected chi connectivity index (χ1v) is 28.7. The van der Waals surface area contributed by atoms with Crippen molar-refractivity contribution in [2.24, 2.45) is 57.8 Å². The van der Waals surface area contributed by atoms with Gasteiger partial charge in [-0.3, -0.25) is 28.8 Å². The van der Waals surface area contributed by atoms with Crippen LogP contribution >= 0.6 is 11.8 Å². The van der Waals surface area contributed by atoms with Crippen LogP contribution in [0, 0.1) is 46.3 Å². The average Bonchev–Trinajstić information content (AvgIpc) is 3.70. The topological polar surface area (TPSA) is 261 Å². The Morgan fingerprint density at radius 3 is 2.15 bits per heavy atom. The Morgan fingerprint density at radius 1 is 0.781 bits per heavy atom. The molecule has 0 aromatic heterocycles. The highest BCUT2D eigenvalue weighted by atomic mass is 32.2. The van der Waals surface area contributed by atoms with Crippen LogP contribution in [-0.4, -0.2) is 102 Å². The minimum atomic E-state index is -1.30. The smallest absolute Gasteiger partial charge is 0.408 e. The summed E-state index contributed by atoms with van der Waals surface area (Å²) in [5, 5.41) is 23.2. The molecule has 0 aliphatic heterocycles. The molecule has 1 unspecified atom stereocenters. The second-order valence-electron chi connectivity index (χ2n) is 22.8. The fourth-order valence-corrected chi connectivity index (χ4v) is 13.6. The number of amides is 6. The number of alkyl carbamates (subject to hydrolysis) is 1. The molecule has 1 aromatic rings. The predicted octanol–water partition coefficient (Wildman–Crippen LogP) is 6.75. The van der Waals surface area contributed by atoms with Crippen LogP contribution in [0.5, 0.6) is 5.75 Å². The number of carbonyl (C=O) groups excluding carboxylic acids is 7. The summed E-state index contributed by atoms with van der Waals surface area (Å²) in [6.07, 6.45) is 17.3. The lowest BCUT2D eigenvalue weighted by Crippen LogP contribution is -2.57. The molecule has 16 nitrogen and oxygen atoms in total. The number of phenolic OH excluding ortho intramolecular Hbond substituents is 1. The lowest BCUT2D eigenvalue weighted by atomic mass is 9.47. The fourth-order valence-electron chi connectivity index (χ4n) is 13.2. The molecule has 0 heterocycles. The number of ketones is 1. The van der Waals surface area contributed by atoms with Gasteiger partial charge in [-0.1, -0.05) is 77.7 Å². The Labute approximate surface area is 439 Å². The van der Waals surface area contributed by atoms with E-state index in [1.165, 1.54) is 81.3 Å². The van der Waals surface area contributed by atoms with Crippen LogP contribution < -0.4 is 38.1 Å². The number of thioether (sulfide) groups is 1. The van der Waals surface area contributed by atoms with Gasteiger partial charge >= 0.3 is 6.09 Å². The third-order valence-corrected chi connectivity index (χ3v) is 17.9. The number of unbranched alkanes of at least 4 members (excludes halogenated alkanes) is 1.